The maximum Gasteiger partial charge on any atom is 0.306 e. The molecular formula is C43H72O4. The molecule has 0 bridgehead atoms. The smallest absolute Gasteiger partial charge is 0.306 e. The van der Waals surface area contributed by atoms with E-state index in [1.54, 1.807) is 0 Å². The molecule has 4 heteroatoms. The molecule has 0 radical (unpaired) electrons. The Kier molecular flexibility index (Phi) is 37.7. The van der Waals surface area contributed by atoms with Crippen LogP contribution in [0.25, 0.3) is 0 Å². The molecule has 0 saturated heterocycles. The number of aliphatic hydroxyl groups is 1. The van der Waals surface area contributed by atoms with Crippen molar-refractivity contribution in [3.05, 3.63) is 85.1 Å². The Balaban J connectivity index is 3.58. The van der Waals surface area contributed by atoms with E-state index in [1.165, 1.54) is 57.8 Å². The first-order valence-electron chi connectivity index (χ1n) is 19.2. The molecule has 0 aromatic rings. The molecule has 0 spiro atoms. The summed E-state index contributed by atoms with van der Waals surface area (Å²) in [5, 5.41) is 9.57. The van der Waals surface area contributed by atoms with E-state index in [0.29, 0.717) is 13.0 Å². The third kappa shape index (κ3) is 37.9. The van der Waals surface area contributed by atoms with Crippen molar-refractivity contribution in [3.63, 3.8) is 0 Å². The highest BCUT2D eigenvalue weighted by Gasteiger charge is 2.13. The highest BCUT2D eigenvalue weighted by atomic mass is 16.6. The summed E-state index contributed by atoms with van der Waals surface area (Å²) in [6, 6.07) is 0. The molecule has 0 aromatic heterocycles. The van der Waals surface area contributed by atoms with Crippen LogP contribution in [0.15, 0.2) is 85.1 Å². The molecule has 1 unspecified atom stereocenters. The molecule has 268 valence electrons. The second-order valence-electron chi connectivity index (χ2n) is 12.3. The van der Waals surface area contributed by atoms with Crippen molar-refractivity contribution in [2.75, 3.05) is 19.8 Å². The molecule has 4 nitrogen and oxygen atoms in total. The van der Waals surface area contributed by atoms with Crippen LogP contribution in [0.1, 0.15) is 155 Å². The number of ether oxygens (including phenoxy) is 2. The summed E-state index contributed by atoms with van der Waals surface area (Å²) in [4.78, 5) is 12.2. The lowest BCUT2D eigenvalue weighted by Crippen LogP contribution is -2.27. The maximum atomic E-state index is 12.2. The van der Waals surface area contributed by atoms with Crippen LogP contribution in [-0.4, -0.2) is 37.0 Å². The van der Waals surface area contributed by atoms with Crippen molar-refractivity contribution < 1.29 is 19.4 Å². The van der Waals surface area contributed by atoms with Gasteiger partial charge in [0.2, 0.25) is 0 Å². The lowest BCUT2D eigenvalue weighted by Gasteiger charge is -2.15. The number of rotatable bonds is 34. The van der Waals surface area contributed by atoms with Gasteiger partial charge in [-0.3, -0.25) is 4.79 Å². The number of carbonyl (C=O) groups is 1. The second kappa shape index (κ2) is 39.7. The molecule has 0 aliphatic heterocycles. The topological polar surface area (TPSA) is 55.8 Å². The molecule has 0 heterocycles. The van der Waals surface area contributed by atoms with Crippen LogP contribution in [0.3, 0.4) is 0 Å². The molecular weight excluding hydrogens is 580 g/mol. The average molecular weight is 653 g/mol. The van der Waals surface area contributed by atoms with E-state index in [1.807, 2.05) is 0 Å². The van der Waals surface area contributed by atoms with Gasteiger partial charge in [0.05, 0.1) is 13.2 Å². The van der Waals surface area contributed by atoms with Crippen LogP contribution >= 0.6 is 0 Å². The Morgan fingerprint density at radius 3 is 1.45 bits per heavy atom. The maximum absolute atomic E-state index is 12.2. The third-order valence-electron chi connectivity index (χ3n) is 7.70. The Labute approximate surface area is 290 Å². The first-order chi connectivity index (χ1) is 23.2. The number of esters is 1. The first kappa shape index (κ1) is 44.6. The van der Waals surface area contributed by atoms with Crippen LogP contribution in [0.4, 0.5) is 0 Å². The highest BCUT2D eigenvalue weighted by Crippen LogP contribution is 2.10. The minimum Gasteiger partial charge on any atom is -0.457 e. The van der Waals surface area contributed by atoms with E-state index in [2.05, 4.69) is 98.9 Å². The number of allylic oxidation sites excluding steroid dienone is 14. The second-order valence-corrected chi connectivity index (χ2v) is 12.3. The van der Waals surface area contributed by atoms with Crippen LogP contribution < -0.4 is 0 Å². The van der Waals surface area contributed by atoms with Crippen LogP contribution in [0.5, 0.6) is 0 Å². The third-order valence-corrected chi connectivity index (χ3v) is 7.70. The number of hydrogen-bond acceptors (Lipinski definition) is 4. The summed E-state index contributed by atoms with van der Waals surface area (Å²) in [7, 11) is 0. The fourth-order valence-electron chi connectivity index (χ4n) is 4.85. The Morgan fingerprint density at radius 2 is 0.957 bits per heavy atom. The summed E-state index contributed by atoms with van der Waals surface area (Å²) >= 11 is 0. The summed E-state index contributed by atoms with van der Waals surface area (Å²) < 4.78 is 11.1. The van der Waals surface area contributed by atoms with E-state index in [4.69, 9.17) is 9.47 Å². The molecule has 0 aliphatic rings. The van der Waals surface area contributed by atoms with E-state index < -0.39 is 6.10 Å². The van der Waals surface area contributed by atoms with Crippen LogP contribution in [0, 0.1) is 0 Å². The number of aliphatic hydroxyl groups excluding tert-OH is 1. The molecule has 0 rings (SSSR count). The summed E-state index contributed by atoms with van der Waals surface area (Å²) in [6.45, 7) is 5.13. The lowest BCUT2D eigenvalue weighted by molar-refractivity contribution is -0.154. The van der Waals surface area contributed by atoms with Crippen LogP contribution in [-0.2, 0) is 14.3 Å². The quantitative estimate of drug-likeness (QED) is 0.0427. The fourth-order valence-corrected chi connectivity index (χ4v) is 4.85. The molecule has 0 aromatic carbocycles. The summed E-state index contributed by atoms with van der Waals surface area (Å²) in [5.74, 6) is -0.240. The fraction of sp³-hybridized carbons (Fsp3) is 0.651. The number of carbonyl (C=O) groups excluding carboxylic acids is 1. The van der Waals surface area contributed by atoms with Gasteiger partial charge < -0.3 is 14.6 Å². The van der Waals surface area contributed by atoms with Crippen LogP contribution in [0.2, 0.25) is 0 Å². The zero-order valence-corrected chi connectivity index (χ0v) is 30.5. The van der Waals surface area contributed by atoms with Crippen molar-refractivity contribution in [3.8, 4) is 0 Å². The predicted molar refractivity (Wildman–Crippen MR) is 205 cm³/mol. The normalized spacial score (nSPS) is 13.3. The molecule has 0 aliphatic carbocycles. The zero-order chi connectivity index (χ0) is 34.1. The standard InChI is InChI=1S/C43H72O4/c1-3-5-7-9-11-13-15-17-19-21-22-23-24-26-28-30-32-34-36-38-43(45)47-42(40-44)41-46-39-37-35-33-31-29-27-25-20-18-16-14-12-10-8-6-4-2/h5,7,11-14,17-20,22-23,26,28,42,44H,3-4,6,8-10,15-16,21,24-25,27,29-41H2,1-2H3/b7-5-,13-11-,14-12-,19-17-,20-18-,23-22-,28-26-. The van der Waals surface area contributed by atoms with E-state index in [9.17, 15) is 9.90 Å². The predicted octanol–water partition coefficient (Wildman–Crippen LogP) is 12.4. The van der Waals surface area contributed by atoms with Crippen molar-refractivity contribution in [2.45, 2.75) is 161 Å². The molecule has 1 N–H and O–H groups in total. The minimum absolute atomic E-state index is 0.195. The average Bonchev–Trinajstić information content (AvgIpc) is 3.08. The number of hydrogen-bond donors (Lipinski definition) is 1. The first-order valence-corrected chi connectivity index (χ1v) is 19.2. The largest absolute Gasteiger partial charge is 0.457 e. The van der Waals surface area contributed by atoms with Gasteiger partial charge in [0.1, 0.15) is 6.10 Å². The van der Waals surface area contributed by atoms with E-state index in [-0.39, 0.29) is 19.2 Å². The van der Waals surface area contributed by atoms with E-state index >= 15 is 0 Å². The van der Waals surface area contributed by atoms with Gasteiger partial charge in [-0.15, -0.1) is 0 Å². The van der Waals surface area contributed by atoms with Gasteiger partial charge in [0.25, 0.3) is 0 Å². The molecule has 0 amide bonds. The Morgan fingerprint density at radius 1 is 0.532 bits per heavy atom. The SMILES string of the molecule is CC/C=C\C/C=C\C/C=C\C/C=C\C/C=C\CCCCCC(=O)OC(CO)COCCCCCCCC/C=C\C/C=C\CCCCC. The zero-order valence-electron chi connectivity index (χ0n) is 30.5. The van der Waals surface area contributed by atoms with Gasteiger partial charge in [-0.25, -0.2) is 0 Å². The molecule has 1 atom stereocenters. The van der Waals surface area contributed by atoms with Gasteiger partial charge in [-0.2, -0.15) is 0 Å². The molecule has 0 fully saturated rings. The molecule has 47 heavy (non-hydrogen) atoms. The van der Waals surface area contributed by atoms with Crippen molar-refractivity contribution in [2.24, 2.45) is 0 Å². The monoisotopic (exact) mass is 653 g/mol. The van der Waals surface area contributed by atoms with Crippen molar-refractivity contribution in [1.29, 1.82) is 0 Å². The van der Waals surface area contributed by atoms with Gasteiger partial charge in [0, 0.05) is 13.0 Å². The Hall–Kier alpha value is -2.43. The van der Waals surface area contributed by atoms with Gasteiger partial charge in [0.15, 0.2) is 0 Å². The van der Waals surface area contributed by atoms with Gasteiger partial charge >= 0.3 is 5.97 Å². The summed E-state index contributed by atoms with van der Waals surface area (Å²) in [5.41, 5.74) is 0. The van der Waals surface area contributed by atoms with E-state index in [0.717, 1.165) is 77.0 Å². The minimum atomic E-state index is -0.562. The highest BCUT2D eigenvalue weighted by molar-refractivity contribution is 5.69. The number of unbranched alkanes of at least 4 members (excludes halogenated alkanes) is 12. The van der Waals surface area contributed by atoms with Gasteiger partial charge in [-0.1, -0.05) is 144 Å². The van der Waals surface area contributed by atoms with Crippen molar-refractivity contribution >= 4 is 5.97 Å². The summed E-state index contributed by atoms with van der Waals surface area (Å²) in [6.07, 6.45) is 54.8. The Bertz CT molecular complexity index is 861. The molecule has 0 saturated carbocycles. The lowest BCUT2D eigenvalue weighted by atomic mass is 10.1. The van der Waals surface area contributed by atoms with Crippen molar-refractivity contribution in [1.82, 2.24) is 0 Å². The van der Waals surface area contributed by atoms with Gasteiger partial charge in [-0.05, 0) is 89.9 Å².